The number of carboxylic acids is 1. The fourth-order valence-electron chi connectivity index (χ4n) is 3.49. The SMILES string of the molecule is Cc1cc(=O)oc2cc(OCC(=O)NCC3CCC(C(=O)[O-])CC3)c(Cl)cc12. The average molecular weight is 407 g/mol. The number of halogens is 1. The Morgan fingerprint density at radius 3 is 2.64 bits per heavy atom. The van der Waals surface area contributed by atoms with Gasteiger partial charge in [0, 0.05) is 30.0 Å². The Morgan fingerprint density at radius 2 is 1.96 bits per heavy atom. The van der Waals surface area contributed by atoms with E-state index in [1.807, 2.05) is 0 Å². The second kappa shape index (κ2) is 8.65. The first kappa shape index (κ1) is 20.2. The molecule has 1 aromatic carbocycles. The highest BCUT2D eigenvalue weighted by Gasteiger charge is 2.22. The van der Waals surface area contributed by atoms with Gasteiger partial charge in [0.2, 0.25) is 0 Å². The molecule has 2 aromatic rings. The van der Waals surface area contributed by atoms with Crippen molar-refractivity contribution in [3.8, 4) is 5.75 Å². The van der Waals surface area contributed by atoms with E-state index < -0.39 is 11.6 Å². The van der Waals surface area contributed by atoms with Crippen molar-refractivity contribution in [2.45, 2.75) is 32.6 Å². The zero-order valence-corrected chi connectivity index (χ0v) is 16.2. The molecule has 1 aliphatic rings. The summed E-state index contributed by atoms with van der Waals surface area (Å²) < 4.78 is 10.6. The van der Waals surface area contributed by atoms with E-state index in [0.717, 1.165) is 18.4 Å². The molecule has 1 amide bonds. The standard InChI is InChI=1S/C20H22ClNO6/c1-11-6-19(24)28-16-8-17(15(21)7-14(11)16)27-10-18(23)22-9-12-2-4-13(5-3-12)20(25)26/h6-8,12-13H,2-5,9-10H2,1H3,(H,22,23)(H,25,26)/p-1. The maximum Gasteiger partial charge on any atom is 0.336 e. The third kappa shape index (κ3) is 4.84. The normalized spacial score (nSPS) is 19.4. The Hall–Kier alpha value is -2.54. The third-order valence-corrected chi connectivity index (χ3v) is 5.43. The molecule has 1 fully saturated rings. The van der Waals surface area contributed by atoms with Gasteiger partial charge in [-0.1, -0.05) is 11.6 Å². The number of aryl methyl sites for hydroxylation is 1. The van der Waals surface area contributed by atoms with Gasteiger partial charge in [0.15, 0.2) is 6.61 Å². The summed E-state index contributed by atoms with van der Waals surface area (Å²) in [6.07, 6.45) is 2.65. The molecule has 1 saturated carbocycles. The lowest BCUT2D eigenvalue weighted by Crippen LogP contribution is -2.37. The van der Waals surface area contributed by atoms with E-state index in [1.165, 1.54) is 12.1 Å². The van der Waals surface area contributed by atoms with Gasteiger partial charge in [-0.2, -0.15) is 0 Å². The van der Waals surface area contributed by atoms with Crippen LogP contribution in [0.4, 0.5) is 0 Å². The van der Waals surface area contributed by atoms with Gasteiger partial charge in [-0.15, -0.1) is 0 Å². The number of nitrogens with one attached hydrogen (secondary N) is 1. The number of carboxylic acid groups (broad SMARTS) is 1. The van der Waals surface area contributed by atoms with Gasteiger partial charge in [0.05, 0.1) is 5.02 Å². The summed E-state index contributed by atoms with van der Waals surface area (Å²) in [7, 11) is 0. The van der Waals surface area contributed by atoms with Crippen molar-refractivity contribution in [2.24, 2.45) is 11.8 Å². The lowest BCUT2D eigenvalue weighted by Gasteiger charge is -2.29. The molecule has 8 heteroatoms. The summed E-state index contributed by atoms with van der Waals surface area (Å²) in [5.41, 5.74) is 0.616. The summed E-state index contributed by atoms with van der Waals surface area (Å²) in [5, 5.41) is 14.7. The van der Waals surface area contributed by atoms with E-state index >= 15 is 0 Å². The zero-order valence-electron chi connectivity index (χ0n) is 15.5. The fourth-order valence-corrected chi connectivity index (χ4v) is 3.70. The highest BCUT2D eigenvalue weighted by atomic mass is 35.5. The smallest absolute Gasteiger partial charge is 0.336 e. The highest BCUT2D eigenvalue weighted by molar-refractivity contribution is 6.32. The van der Waals surface area contributed by atoms with E-state index in [0.29, 0.717) is 35.4 Å². The van der Waals surface area contributed by atoms with Crippen LogP contribution in [0.1, 0.15) is 31.2 Å². The van der Waals surface area contributed by atoms with Crippen molar-refractivity contribution in [1.82, 2.24) is 5.32 Å². The molecular formula is C20H21ClNO6-. The van der Waals surface area contributed by atoms with Crippen LogP contribution in [-0.4, -0.2) is 25.0 Å². The van der Waals surface area contributed by atoms with Crippen LogP contribution in [-0.2, 0) is 9.59 Å². The molecule has 0 saturated heterocycles. The molecule has 0 spiro atoms. The van der Waals surface area contributed by atoms with E-state index in [2.05, 4.69) is 5.32 Å². The van der Waals surface area contributed by atoms with Crippen LogP contribution in [0.5, 0.6) is 5.75 Å². The summed E-state index contributed by atoms with van der Waals surface area (Å²) >= 11 is 6.21. The second-order valence-electron chi connectivity index (χ2n) is 7.16. The number of hydrogen-bond acceptors (Lipinski definition) is 6. The van der Waals surface area contributed by atoms with E-state index in [9.17, 15) is 19.5 Å². The van der Waals surface area contributed by atoms with Crippen LogP contribution in [0.2, 0.25) is 5.02 Å². The molecule has 3 rings (SSSR count). The van der Waals surface area contributed by atoms with Crippen molar-refractivity contribution in [1.29, 1.82) is 0 Å². The van der Waals surface area contributed by atoms with Gasteiger partial charge in [0.1, 0.15) is 11.3 Å². The zero-order chi connectivity index (χ0) is 20.3. The molecule has 28 heavy (non-hydrogen) atoms. The Balaban J connectivity index is 1.53. The summed E-state index contributed by atoms with van der Waals surface area (Å²) in [4.78, 5) is 34.4. The lowest BCUT2D eigenvalue weighted by molar-refractivity contribution is -0.312. The quantitative estimate of drug-likeness (QED) is 0.733. The summed E-state index contributed by atoms with van der Waals surface area (Å²) in [6, 6.07) is 4.52. The van der Waals surface area contributed by atoms with Crippen molar-refractivity contribution < 1.29 is 23.8 Å². The number of ether oxygens (including phenoxy) is 1. The molecule has 1 aromatic heterocycles. The first-order valence-electron chi connectivity index (χ1n) is 9.18. The van der Waals surface area contributed by atoms with Crippen molar-refractivity contribution >= 4 is 34.4 Å². The van der Waals surface area contributed by atoms with Crippen LogP contribution in [0, 0.1) is 18.8 Å². The van der Waals surface area contributed by atoms with E-state index in [4.69, 9.17) is 20.8 Å². The van der Waals surface area contributed by atoms with Crippen LogP contribution < -0.4 is 20.8 Å². The van der Waals surface area contributed by atoms with Crippen LogP contribution in [0.3, 0.4) is 0 Å². The van der Waals surface area contributed by atoms with Crippen LogP contribution >= 0.6 is 11.6 Å². The molecule has 0 bridgehead atoms. The lowest BCUT2D eigenvalue weighted by atomic mass is 9.82. The average Bonchev–Trinajstić information content (AvgIpc) is 2.65. The maximum atomic E-state index is 12.1. The second-order valence-corrected chi connectivity index (χ2v) is 7.56. The molecule has 1 heterocycles. The minimum Gasteiger partial charge on any atom is -0.550 e. The number of aliphatic carboxylic acids is 1. The number of carbonyl (C=O) groups is 2. The molecule has 7 nitrogen and oxygen atoms in total. The minimum absolute atomic E-state index is 0.227. The molecule has 0 radical (unpaired) electrons. The molecular weight excluding hydrogens is 386 g/mol. The number of hydrogen-bond donors (Lipinski definition) is 1. The van der Waals surface area contributed by atoms with Crippen LogP contribution in [0.25, 0.3) is 11.0 Å². The molecule has 1 N–H and O–H groups in total. The van der Waals surface area contributed by atoms with Crippen molar-refractivity contribution in [2.75, 3.05) is 13.2 Å². The maximum absolute atomic E-state index is 12.1. The number of rotatable bonds is 6. The fraction of sp³-hybridized carbons (Fsp3) is 0.450. The van der Waals surface area contributed by atoms with Crippen molar-refractivity contribution in [3.05, 3.63) is 39.2 Å². The van der Waals surface area contributed by atoms with Crippen LogP contribution in [0.15, 0.2) is 27.4 Å². The van der Waals surface area contributed by atoms with E-state index in [-0.39, 0.29) is 30.1 Å². The Kier molecular flexibility index (Phi) is 6.24. The van der Waals surface area contributed by atoms with Gasteiger partial charge >= 0.3 is 5.63 Å². The topological polar surface area (TPSA) is 109 Å². The van der Waals surface area contributed by atoms with Gasteiger partial charge in [-0.3, -0.25) is 4.79 Å². The van der Waals surface area contributed by atoms with Gasteiger partial charge in [0.25, 0.3) is 5.91 Å². The Morgan fingerprint density at radius 1 is 1.25 bits per heavy atom. The molecule has 0 atom stereocenters. The largest absolute Gasteiger partial charge is 0.550 e. The Labute approximate surface area is 166 Å². The molecule has 150 valence electrons. The number of fused-ring (bicyclic) bond motifs is 1. The minimum atomic E-state index is -0.992. The monoisotopic (exact) mass is 406 g/mol. The first-order chi connectivity index (χ1) is 13.3. The number of amides is 1. The van der Waals surface area contributed by atoms with Gasteiger partial charge in [-0.25, -0.2) is 4.79 Å². The first-order valence-corrected chi connectivity index (χ1v) is 9.55. The predicted molar refractivity (Wildman–Crippen MR) is 101 cm³/mol. The Bertz CT molecular complexity index is 946. The van der Waals surface area contributed by atoms with E-state index in [1.54, 1.807) is 13.0 Å². The molecule has 1 aliphatic carbocycles. The predicted octanol–water partition coefficient (Wildman–Crippen LogP) is 1.81. The summed E-state index contributed by atoms with van der Waals surface area (Å²) in [5.74, 6) is -1.17. The number of carbonyl (C=O) groups excluding carboxylic acids is 2. The molecule has 0 aliphatic heterocycles. The highest BCUT2D eigenvalue weighted by Crippen LogP contribution is 2.31. The number of benzene rings is 1. The van der Waals surface area contributed by atoms with Gasteiger partial charge in [-0.05, 0) is 56.1 Å². The molecule has 0 unspecified atom stereocenters. The summed E-state index contributed by atoms with van der Waals surface area (Å²) in [6.45, 7) is 2.03. The van der Waals surface area contributed by atoms with Crippen molar-refractivity contribution in [3.63, 3.8) is 0 Å². The third-order valence-electron chi connectivity index (χ3n) is 5.13. The van der Waals surface area contributed by atoms with Gasteiger partial charge < -0.3 is 24.4 Å².